The second-order valence-electron chi connectivity index (χ2n) is 9.78. The molecule has 0 bridgehead atoms. The minimum atomic E-state index is -0.840. The molecule has 2 aromatic rings. The smallest absolute Gasteiger partial charge is 0.323 e. The van der Waals surface area contributed by atoms with Gasteiger partial charge in [-0.1, -0.05) is 30.3 Å². The van der Waals surface area contributed by atoms with Crippen LogP contribution in [0, 0.1) is 5.82 Å². The van der Waals surface area contributed by atoms with Crippen LogP contribution < -0.4 is 10.6 Å². The maximum absolute atomic E-state index is 13.5. The Hall–Kier alpha value is -3.01. The van der Waals surface area contributed by atoms with Crippen molar-refractivity contribution in [3.8, 4) is 0 Å². The van der Waals surface area contributed by atoms with Crippen molar-refractivity contribution >= 4 is 17.6 Å². The molecule has 3 heterocycles. The molecule has 3 saturated heterocycles. The van der Waals surface area contributed by atoms with Crippen molar-refractivity contribution < 1.29 is 23.5 Å². The lowest BCUT2D eigenvalue weighted by atomic mass is 9.85. The van der Waals surface area contributed by atoms with E-state index >= 15 is 0 Å². The molecule has 1 unspecified atom stereocenters. The van der Waals surface area contributed by atoms with E-state index in [1.165, 1.54) is 17.0 Å². The number of halogens is 1. The Balaban J connectivity index is 1.26. The molecule has 1 atom stereocenters. The Kier molecular flexibility index (Phi) is 6.72. The Morgan fingerprint density at radius 3 is 2.31 bits per heavy atom. The molecule has 1 spiro atoms. The van der Waals surface area contributed by atoms with Gasteiger partial charge in [-0.15, -0.1) is 0 Å². The van der Waals surface area contributed by atoms with E-state index < -0.39 is 23.5 Å². The van der Waals surface area contributed by atoms with Gasteiger partial charge in [0.1, 0.15) is 17.5 Å². The second kappa shape index (κ2) is 9.80. The van der Waals surface area contributed by atoms with Gasteiger partial charge in [-0.25, -0.2) is 14.1 Å². The number of carbonyl (C=O) groups excluding carboxylic acids is 2. The molecule has 3 aliphatic rings. The molecule has 8 nitrogen and oxygen atoms in total. The third-order valence-electron chi connectivity index (χ3n) is 7.80. The molecule has 0 aliphatic carbocycles. The molecule has 2 aromatic carbocycles. The molecule has 3 fully saturated rings. The number of ether oxygens (including phenoxy) is 2. The first kappa shape index (κ1) is 24.7. The standard InChI is InChI=1S/C27H33FN4O4/c1-20-31(25(29)34)24(33)26(32(20)23-6-3-2-4-7-23)13-16-30(17-14-26)15-5-12-27(35-18-19-36-27)21-8-10-22(28)11-9-21/h2-4,6-11,20H,5,12-19H2,1H3,(H2,29,34). The van der Waals surface area contributed by atoms with Crippen LogP contribution in [-0.2, 0) is 20.1 Å². The van der Waals surface area contributed by atoms with Gasteiger partial charge in [0, 0.05) is 30.8 Å². The minimum Gasteiger partial charge on any atom is -0.351 e. The number of para-hydroxylation sites is 1. The molecule has 192 valence electrons. The van der Waals surface area contributed by atoms with Gasteiger partial charge in [0.2, 0.25) is 0 Å². The molecule has 0 radical (unpaired) electrons. The Bertz CT molecular complexity index is 1080. The number of urea groups is 1. The fourth-order valence-corrected chi connectivity index (χ4v) is 6.06. The molecule has 3 amide bonds. The quantitative estimate of drug-likeness (QED) is 0.660. The zero-order valence-electron chi connectivity index (χ0n) is 20.6. The summed E-state index contributed by atoms with van der Waals surface area (Å²) in [4.78, 5) is 31.3. The van der Waals surface area contributed by atoms with Gasteiger partial charge in [-0.2, -0.15) is 0 Å². The molecular formula is C27H33FN4O4. The van der Waals surface area contributed by atoms with Gasteiger partial charge >= 0.3 is 6.03 Å². The lowest BCUT2D eigenvalue weighted by molar-refractivity contribution is -0.172. The third-order valence-corrected chi connectivity index (χ3v) is 7.80. The van der Waals surface area contributed by atoms with E-state index in [9.17, 15) is 14.0 Å². The molecule has 36 heavy (non-hydrogen) atoms. The first-order valence-electron chi connectivity index (χ1n) is 12.6. The number of piperidine rings is 1. The number of rotatable bonds is 6. The third kappa shape index (κ3) is 4.25. The fraction of sp³-hybridized carbons (Fsp3) is 0.481. The first-order valence-corrected chi connectivity index (χ1v) is 12.6. The van der Waals surface area contributed by atoms with Crippen molar-refractivity contribution in [1.82, 2.24) is 9.80 Å². The summed E-state index contributed by atoms with van der Waals surface area (Å²) in [5.41, 5.74) is 6.56. The highest BCUT2D eigenvalue weighted by Gasteiger charge is 2.58. The number of hydrogen-bond acceptors (Lipinski definition) is 6. The normalized spacial score (nSPS) is 23.5. The number of nitrogens with two attached hydrogens (primary N) is 1. The molecule has 9 heteroatoms. The van der Waals surface area contributed by atoms with E-state index in [2.05, 4.69) is 9.80 Å². The van der Waals surface area contributed by atoms with Gasteiger partial charge in [-0.05, 0) is 57.0 Å². The molecular weight excluding hydrogens is 463 g/mol. The second-order valence-corrected chi connectivity index (χ2v) is 9.78. The lowest BCUT2D eigenvalue weighted by Gasteiger charge is -2.44. The van der Waals surface area contributed by atoms with E-state index in [1.54, 1.807) is 12.1 Å². The number of amides is 3. The lowest BCUT2D eigenvalue weighted by Crippen LogP contribution is -2.57. The minimum absolute atomic E-state index is 0.214. The number of anilines is 1. The first-order chi connectivity index (χ1) is 17.4. The predicted octanol–water partition coefficient (Wildman–Crippen LogP) is 3.41. The fourth-order valence-electron chi connectivity index (χ4n) is 6.06. The van der Waals surface area contributed by atoms with E-state index in [0.29, 0.717) is 32.5 Å². The number of likely N-dealkylation sites (tertiary alicyclic amines) is 1. The Morgan fingerprint density at radius 2 is 1.69 bits per heavy atom. The van der Waals surface area contributed by atoms with Crippen LogP contribution in [0.15, 0.2) is 54.6 Å². The Labute approximate surface area is 210 Å². The summed E-state index contributed by atoms with van der Waals surface area (Å²) in [6, 6.07) is 15.3. The maximum Gasteiger partial charge on any atom is 0.323 e. The van der Waals surface area contributed by atoms with Crippen molar-refractivity contribution in [2.45, 2.75) is 50.1 Å². The number of primary amides is 1. The van der Waals surface area contributed by atoms with Crippen LogP contribution in [0.2, 0.25) is 0 Å². The van der Waals surface area contributed by atoms with Crippen molar-refractivity contribution in [1.29, 1.82) is 0 Å². The zero-order valence-corrected chi connectivity index (χ0v) is 20.6. The van der Waals surface area contributed by atoms with Gasteiger partial charge in [-0.3, -0.25) is 4.79 Å². The number of carbonyl (C=O) groups is 2. The van der Waals surface area contributed by atoms with Crippen LogP contribution in [0.4, 0.5) is 14.9 Å². The number of imide groups is 1. The highest BCUT2D eigenvalue weighted by atomic mass is 19.1. The van der Waals surface area contributed by atoms with Crippen molar-refractivity contribution in [2.75, 3.05) is 37.7 Å². The molecule has 5 rings (SSSR count). The topological polar surface area (TPSA) is 88.3 Å². The van der Waals surface area contributed by atoms with Gasteiger partial charge in [0.15, 0.2) is 5.79 Å². The summed E-state index contributed by atoms with van der Waals surface area (Å²) in [6.45, 7) is 5.14. The largest absolute Gasteiger partial charge is 0.351 e. The van der Waals surface area contributed by atoms with Gasteiger partial charge < -0.3 is 25.0 Å². The summed E-state index contributed by atoms with van der Waals surface area (Å²) in [6.07, 6.45) is 2.23. The van der Waals surface area contributed by atoms with E-state index in [4.69, 9.17) is 15.2 Å². The highest BCUT2D eigenvalue weighted by molar-refractivity contribution is 6.04. The van der Waals surface area contributed by atoms with E-state index in [0.717, 1.165) is 37.3 Å². The van der Waals surface area contributed by atoms with Crippen LogP contribution in [0.1, 0.15) is 38.2 Å². The number of benzene rings is 2. The van der Waals surface area contributed by atoms with Crippen LogP contribution >= 0.6 is 0 Å². The maximum atomic E-state index is 13.5. The van der Waals surface area contributed by atoms with Gasteiger partial charge in [0.05, 0.1) is 13.2 Å². The summed E-state index contributed by atoms with van der Waals surface area (Å²) in [5, 5.41) is 0. The zero-order chi connectivity index (χ0) is 25.3. The molecule has 3 aliphatic heterocycles. The summed E-state index contributed by atoms with van der Waals surface area (Å²) in [5.74, 6) is -1.34. The number of nitrogens with zero attached hydrogens (tertiary/aromatic N) is 3. The van der Waals surface area contributed by atoms with Crippen molar-refractivity contribution in [3.63, 3.8) is 0 Å². The van der Waals surface area contributed by atoms with Crippen molar-refractivity contribution in [3.05, 3.63) is 66.0 Å². The van der Waals surface area contributed by atoms with Gasteiger partial charge in [0.25, 0.3) is 5.91 Å². The van der Waals surface area contributed by atoms with Crippen LogP contribution in [0.5, 0.6) is 0 Å². The molecule has 2 N–H and O–H groups in total. The van der Waals surface area contributed by atoms with Crippen molar-refractivity contribution in [2.24, 2.45) is 5.73 Å². The summed E-state index contributed by atoms with van der Waals surface area (Å²) in [7, 11) is 0. The van der Waals surface area contributed by atoms with E-state index in [1.807, 2.05) is 37.3 Å². The van der Waals surface area contributed by atoms with Crippen LogP contribution in [0.3, 0.4) is 0 Å². The SMILES string of the molecule is CC1N(C(N)=O)C(=O)C2(CCN(CCCC3(c4ccc(F)cc4)OCCO3)CC2)N1c1ccccc1. The Morgan fingerprint density at radius 1 is 1.06 bits per heavy atom. The summed E-state index contributed by atoms with van der Waals surface area (Å²) < 4.78 is 25.4. The predicted molar refractivity (Wildman–Crippen MR) is 132 cm³/mol. The number of hydrogen-bond donors (Lipinski definition) is 1. The van der Waals surface area contributed by atoms with E-state index in [-0.39, 0.29) is 11.7 Å². The average Bonchev–Trinajstić information content (AvgIpc) is 3.43. The highest BCUT2D eigenvalue weighted by Crippen LogP contribution is 2.43. The molecule has 0 aromatic heterocycles. The molecule has 0 saturated carbocycles. The monoisotopic (exact) mass is 496 g/mol. The van der Waals surface area contributed by atoms with Crippen LogP contribution in [0.25, 0.3) is 0 Å². The average molecular weight is 497 g/mol. The van der Waals surface area contributed by atoms with Crippen LogP contribution in [-0.4, -0.2) is 66.3 Å². The summed E-state index contributed by atoms with van der Waals surface area (Å²) >= 11 is 0.